The third-order valence-electron chi connectivity index (χ3n) is 7.79. The van der Waals surface area contributed by atoms with E-state index in [0.717, 1.165) is 79.8 Å². The van der Waals surface area contributed by atoms with Crippen molar-refractivity contribution in [2.24, 2.45) is 5.73 Å². The molecule has 1 saturated carbocycles. The standard InChI is InChI=1S/C31H31N7OS2/c1-30(39)18-31(32,19-30)23-9-7-20(8-10-23)25-26(21-5-3-2-4-6-21)41-28(37-25)24-17-34-27(40-24)22-15-35-29(36-16-22)38-13-11-33-12-14-38/h2-10,15-17,33,39H,11-14,18-19,32H2,1H3/t30-,31+. The number of hydrogen-bond acceptors (Lipinski definition) is 10. The molecule has 0 atom stereocenters. The molecule has 3 aromatic heterocycles. The van der Waals surface area contributed by atoms with Crippen molar-refractivity contribution in [3.8, 4) is 42.2 Å². The lowest BCUT2D eigenvalue weighted by Gasteiger charge is -2.49. The molecule has 4 N–H and O–H groups in total. The Kier molecular flexibility index (Phi) is 6.67. The molecule has 4 heterocycles. The molecule has 0 bridgehead atoms. The molecule has 2 fully saturated rings. The maximum atomic E-state index is 10.3. The van der Waals surface area contributed by atoms with E-state index in [1.54, 1.807) is 22.7 Å². The molecule has 0 spiro atoms. The van der Waals surface area contributed by atoms with Crippen LogP contribution in [0.1, 0.15) is 25.3 Å². The van der Waals surface area contributed by atoms with Crippen LogP contribution in [-0.2, 0) is 5.54 Å². The second kappa shape index (κ2) is 10.4. The van der Waals surface area contributed by atoms with Crippen LogP contribution in [0.3, 0.4) is 0 Å². The van der Waals surface area contributed by atoms with Gasteiger partial charge in [0, 0.05) is 61.4 Å². The quantitative estimate of drug-likeness (QED) is 0.252. The molecular formula is C31H31N7OS2. The van der Waals surface area contributed by atoms with Gasteiger partial charge in [0.05, 0.1) is 21.0 Å². The van der Waals surface area contributed by atoms with Crippen molar-refractivity contribution in [2.75, 3.05) is 31.1 Å². The lowest BCUT2D eigenvalue weighted by atomic mass is 9.63. The maximum Gasteiger partial charge on any atom is 0.225 e. The van der Waals surface area contributed by atoms with Gasteiger partial charge in [0.2, 0.25) is 5.95 Å². The average molecular weight is 582 g/mol. The number of piperazine rings is 1. The third-order valence-corrected chi connectivity index (χ3v) is 10.1. The zero-order valence-corrected chi connectivity index (χ0v) is 24.4. The number of nitrogens with zero attached hydrogens (tertiary/aromatic N) is 5. The third kappa shape index (κ3) is 5.18. The highest BCUT2D eigenvalue weighted by molar-refractivity contribution is 7.25. The molecule has 1 aliphatic heterocycles. The Morgan fingerprint density at radius 1 is 0.829 bits per heavy atom. The number of nitrogens with one attached hydrogen (secondary N) is 1. The van der Waals surface area contributed by atoms with Gasteiger partial charge in [-0.2, -0.15) is 0 Å². The van der Waals surface area contributed by atoms with Crippen LogP contribution in [0.4, 0.5) is 5.95 Å². The minimum atomic E-state index is -0.690. The zero-order valence-electron chi connectivity index (χ0n) is 22.7. The summed E-state index contributed by atoms with van der Waals surface area (Å²) in [6.45, 7) is 5.56. The molecular weight excluding hydrogens is 551 g/mol. The number of hydrogen-bond donors (Lipinski definition) is 3. The summed E-state index contributed by atoms with van der Waals surface area (Å²) in [6, 6.07) is 18.7. The van der Waals surface area contributed by atoms with Gasteiger partial charge in [-0.1, -0.05) is 54.6 Å². The van der Waals surface area contributed by atoms with Crippen molar-refractivity contribution in [1.82, 2.24) is 25.3 Å². The SMILES string of the molecule is C[C@]1(O)C[C@](N)(c2ccc(-c3nc(-c4cnc(-c5cnc(N6CCNCC6)nc5)s4)sc3-c3ccccc3)cc2)C1. The first-order valence-electron chi connectivity index (χ1n) is 13.8. The van der Waals surface area contributed by atoms with E-state index in [2.05, 4.69) is 68.7 Å². The minimum Gasteiger partial charge on any atom is -0.390 e. The summed E-state index contributed by atoms with van der Waals surface area (Å²) in [5.74, 6) is 0.762. The van der Waals surface area contributed by atoms with Gasteiger partial charge in [0.1, 0.15) is 10.0 Å². The maximum absolute atomic E-state index is 10.3. The highest BCUT2D eigenvalue weighted by Gasteiger charge is 2.49. The van der Waals surface area contributed by atoms with Crippen LogP contribution in [0.5, 0.6) is 0 Å². The molecule has 8 nitrogen and oxygen atoms in total. The average Bonchev–Trinajstić information content (AvgIpc) is 3.66. The van der Waals surface area contributed by atoms with Crippen LogP contribution < -0.4 is 16.0 Å². The molecule has 2 aromatic carbocycles. The summed E-state index contributed by atoms with van der Waals surface area (Å²) in [5, 5.41) is 15.4. The first-order chi connectivity index (χ1) is 19.9. The summed E-state index contributed by atoms with van der Waals surface area (Å²) in [5.41, 5.74) is 10.5. The zero-order chi connectivity index (χ0) is 28.0. The molecule has 41 heavy (non-hydrogen) atoms. The van der Waals surface area contributed by atoms with E-state index >= 15 is 0 Å². The molecule has 0 radical (unpaired) electrons. The predicted molar refractivity (Wildman–Crippen MR) is 166 cm³/mol. The van der Waals surface area contributed by atoms with Gasteiger partial charge in [0.25, 0.3) is 0 Å². The summed E-state index contributed by atoms with van der Waals surface area (Å²) >= 11 is 3.28. The van der Waals surface area contributed by atoms with Crippen LogP contribution in [-0.4, -0.2) is 56.8 Å². The van der Waals surface area contributed by atoms with Crippen molar-refractivity contribution in [2.45, 2.75) is 30.9 Å². The number of anilines is 1. The molecule has 7 rings (SSSR count). The van der Waals surface area contributed by atoms with E-state index in [4.69, 9.17) is 15.7 Å². The lowest BCUT2D eigenvalue weighted by molar-refractivity contribution is -0.0738. The van der Waals surface area contributed by atoms with E-state index in [9.17, 15) is 5.11 Å². The number of aromatic nitrogens is 4. The summed E-state index contributed by atoms with van der Waals surface area (Å²) in [6.07, 6.45) is 6.75. The van der Waals surface area contributed by atoms with Gasteiger partial charge in [-0.15, -0.1) is 22.7 Å². The van der Waals surface area contributed by atoms with Gasteiger partial charge >= 0.3 is 0 Å². The Bertz CT molecular complexity index is 1650. The highest BCUT2D eigenvalue weighted by Crippen LogP contribution is 2.47. The van der Waals surface area contributed by atoms with Gasteiger partial charge in [-0.05, 0) is 30.9 Å². The molecule has 1 aliphatic carbocycles. The van der Waals surface area contributed by atoms with E-state index in [1.807, 2.05) is 31.6 Å². The van der Waals surface area contributed by atoms with Gasteiger partial charge < -0.3 is 21.1 Å². The molecule has 2 aliphatic rings. The molecule has 10 heteroatoms. The Hall–Kier alpha value is -3.54. The fourth-order valence-electron chi connectivity index (χ4n) is 5.84. The topological polar surface area (TPSA) is 113 Å². The second-order valence-corrected chi connectivity index (χ2v) is 13.2. The van der Waals surface area contributed by atoms with Crippen molar-refractivity contribution in [1.29, 1.82) is 0 Å². The second-order valence-electron chi connectivity index (χ2n) is 11.2. The normalized spacial score (nSPS) is 22.5. The van der Waals surface area contributed by atoms with E-state index in [1.165, 1.54) is 0 Å². The largest absolute Gasteiger partial charge is 0.390 e. The Morgan fingerprint density at radius 2 is 1.54 bits per heavy atom. The number of benzene rings is 2. The van der Waals surface area contributed by atoms with Crippen LogP contribution in [0.25, 0.3) is 42.2 Å². The Morgan fingerprint density at radius 3 is 2.22 bits per heavy atom. The summed E-state index contributed by atoms with van der Waals surface area (Å²) in [7, 11) is 0. The number of thiazole rings is 2. The number of nitrogens with two attached hydrogens (primary N) is 1. The van der Waals surface area contributed by atoms with Crippen LogP contribution >= 0.6 is 22.7 Å². The first kappa shape index (κ1) is 26.4. The summed E-state index contributed by atoms with van der Waals surface area (Å²) in [4.78, 5) is 23.4. The van der Waals surface area contributed by atoms with Crippen molar-refractivity contribution in [3.63, 3.8) is 0 Å². The fourth-order valence-corrected chi connectivity index (χ4v) is 7.87. The molecule has 0 unspecified atom stereocenters. The highest BCUT2D eigenvalue weighted by atomic mass is 32.1. The number of aliphatic hydroxyl groups is 1. The molecule has 5 aromatic rings. The monoisotopic (exact) mass is 581 g/mol. The fraction of sp³-hybridized carbons (Fsp3) is 0.290. The van der Waals surface area contributed by atoms with Crippen molar-refractivity contribution < 1.29 is 5.11 Å². The first-order valence-corrected chi connectivity index (χ1v) is 15.4. The number of rotatable bonds is 6. The lowest BCUT2D eigenvalue weighted by Crippen LogP contribution is -2.58. The van der Waals surface area contributed by atoms with E-state index in [0.29, 0.717) is 12.8 Å². The van der Waals surface area contributed by atoms with Crippen LogP contribution in [0.15, 0.2) is 73.2 Å². The van der Waals surface area contributed by atoms with Gasteiger partial charge in [0.15, 0.2) is 0 Å². The minimum absolute atomic E-state index is 0.483. The van der Waals surface area contributed by atoms with Crippen molar-refractivity contribution in [3.05, 3.63) is 78.8 Å². The summed E-state index contributed by atoms with van der Waals surface area (Å²) < 4.78 is 0. The van der Waals surface area contributed by atoms with E-state index < -0.39 is 11.1 Å². The van der Waals surface area contributed by atoms with E-state index in [-0.39, 0.29) is 0 Å². The Balaban J connectivity index is 1.19. The van der Waals surface area contributed by atoms with Gasteiger partial charge in [-0.25, -0.2) is 19.9 Å². The molecule has 0 amide bonds. The van der Waals surface area contributed by atoms with Crippen molar-refractivity contribution >= 4 is 28.6 Å². The molecule has 1 saturated heterocycles. The van der Waals surface area contributed by atoms with Crippen LogP contribution in [0.2, 0.25) is 0 Å². The Labute approximate surface area is 247 Å². The molecule has 208 valence electrons. The predicted octanol–water partition coefficient (Wildman–Crippen LogP) is 5.17. The smallest absolute Gasteiger partial charge is 0.225 e. The van der Waals surface area contributed by atoms with Gasteiger partial charge in [-0.3, -0.25) is 0 Å². The van der Waals surface area contributed by atoms with Crippen LogP contribution in [0, 0.1) is 0 Å².